The number of H-pyrrole nitrogens is 1. The van der Waals surface area contributed by atoms with Crippen LogP contribution >= 0.6 is 0 Å². The highest BCUT2D eigenvalue weighted by molar-refractivity contribution is 7.89. The molecule has 1 atom stereocenters. The van der Waals surface area contributed by atoms with E-state index in [0.717, 1.165) is 19.5 Å². The van der Waals surface area contributed by atoms with Crippen molar-refractivity contribution in [2.75, 3.05) is 20.1 Å². The topological polar surface area (TPSA) is 100 Å². The number of hydrogen-bond acceptors (Lipinski definition) is 5. The molecule has 4 aromatic rings. The maximum atomic E-state index is 13.9. The molecule has 0 aliphatic carbocycles. The van der Waals surface area contributed by atoms with Crippen LogP contribution < -0.4 is 11.2 Å². The number of hydrogen-bond donors (Lipinski definition) is 1. The van der Waals surface area contributed by atoms with Gasteiger partial charge in [-0.25, -0.2) is 13.2 Å². The molecule has 1 N–H and O–H groups in total. The summed E-state index contributed by atoms with van der Waals surface area (Å²) in [5.74, 6) is 0. The van der Waals surface area contributed by atoms with E-state index < -0.39 is 15.6 Å². The Morgan fingerprint density at radius 3 is 2.37 bits per heavy atom. The van der Waals surface area contributed by atoms with Crippen LogP contribution in [0.3, 0.4) is 0 Å². The summed E-state index contributed by atoms with van der Waals surface area (Å²) in [6.07, 6.45) is 0.746. The van der Waals surface area contributed by atoms with Crippen LogP contribution in [0, 0.1) is 0 Å². The number of likely N-dealkylation sites (tertiary alicyclic amines) is 1. The molecule has 3 heterocycles. The average molecular weight is 536 g/mol. The average Bonchev–Trinajstić information content (AvgIpc) is 3.57. The predicted molar refractivity (Wildman–Crippen MR) is 149 cm³/mol. The van der Waals surface area contributed by atoms with Gasteiger partial charge in [0, 0.05) is 57.1 Å². The van der Waals surface area contributed by atoms with Gasteiger partial charge in [0.2, 0.25) is 10.0 Å². The number of likely N-dealkylation sites (N-methyl/N-ethyl adjacent to an activating group) is 1. The number of fused-ring (bicyclic) bond motifs is 1. The van der Waals surface area contributed by atoms with Crippen molar-refractivity contribution >= 4 is 21.1 Å². The van der Waals surface area contributed by atoms with Crippen molar-refractivity contribution in [3.05, 3.63) is 87.1 Å². The summed E-state index contributed by atoms with van der Waals surface area (Å²) >= 11 is 0. The van der Waals surface area contributed by atoms with Crippen molar-refractivity contribution in [3.63, 3.8) is 0 Å². The zero-order chi connectivity index (χ0) is 27.0. The molecule has 5 rings (SSSR count). The molecule has 1 aliphatic rings. The summed E-state index contributed by atoms with van der Waals surface area (Å²) in [5.41, 5.74) is 2.12. The molecule has 2 aromatic carbocycles. The first-order valence-corrected chi connectivity index (χ1v) is 14.4. The Morgan fingerprint density at radius 1 is 0.974 bits per heavy atom. The fourth-order valence-electron chi connectivity index (χ4n) is 5.38. The maximum absolute atomic E-state index is 13.9. The fraction of sp³-hybridized carbons (Fsp3) is 0.357. The minimum atomic E-state index is -3.85. The van der Waals surface area contributed by atoms with E-state index in [1.165, 1.54) is 19.0 Å². The minimum absolute atomic E-state index is 0.151. The Balaban J connectivity index is 1.49. The van der Waals surface area contributed by atoms with E-state index in [4.69, 9.17) is 0 Å². The summed E-state index contributed by atoms with van der Waals surface area (Å²) in [4.78, 5) is 31.4. The van der Waals surface area contributed by atoms with Crippen LogP contribution in [0.2, 0.25) is 0 Å². The standard InChI is InChI=1S/C28H33N5O4S/c1-4-32-24-17-23(29-26(24)27(34)33(5-2)28(32)35)22-13-9-10-14-25(22)38(36,37)30(3)21-15-16-31(19-21)18-20-11-7-6-8-12-20/h6-14,17,21,29H,4-5,15-16,18-19H2,1-3H3. The van der Waals surface area contributed by atoms with Crippen molar-refractivity contribution in [1.82, 2.24) is 23.3 Å². The number of benzene rings is 2. The Morgan fingerprint density at radius 2 is 1.66 bits per heavy atom. The van der Waals surface area contributed by atoms with Crippen molar-refractivity contribution < 1.29 is 8.42 Å². The highest BCUT2D eigenvalue weighted by Gasteiger charge is 2.34. The second-order valence-electron chi connectivity index (χ2n) is 9.70. The molecule has 1 aliphatic heterocycles. The lowest BCUT2D eigenvalue weighted by atomic mass is 10.1. The maximum Gasteiger partial charge on any atom is 0.331 e. The predicted octanol–water partition coefficient (Wildman–Crippen LogP) is 3.09. The number of aromatic nitrogens is 3. The molecular weight excluding hydrogens is 502 g/mol. The van der Waals surface area contributed by atoms with Gasteiger partial charge in [0.05, 0.1) is 10.4 Å². The van der Waals surface area contributed by atoms with Crippen molar-refractivity contribution in [1.29, 1.82) is 0 Å². The fourth-order valence-corrected chi connectivity index (χ4v) is 6.96. The molecule has 200 valence electrons. The second kappa shape index (κ2) is 10.4. The SMILES string of the molecule is CCn1c(=O)c2[nH]c(-c3ccccc3S(=O)(=O)N(C)C3CCN(Cc4ccccc4)C3)cc2n(CC)c1=O. The zero-order valence-corrected chi connectivity index (χ0v) is 22.7. The van der Waals surface area contributed by atoms with Gasteiger partial charge in [0.25, 0.3) is 5.56 Å². The number of nitrogens with zero attached hydrogens (tertiary/aromatic N) is 4. The third kappa shape index (κ3) is 4.53. The molecule has 1 unspecified atom stereocenters. The Labute approximate surface area is 222 Å². The van der Waals surface area contributed by atoms with E-state index in [1.807, 2.05) is 25.1 Å². The molecule has 0 amide bonds. The number of aromatic amines is 1. The number of rotatable bonds is 8. The van der Waals surface area contributed by atoms with Crippen LogP contribution in [0.4, 0.5) is 0 Å². The Kier molecular flexibility index (Phi) is 7.13. The lowest BCUT2D eigenvalue weighted by Crippen LogP contribution is -2.39. The molecule has 0 spiro atoms. The van der Waals surface area contributed by atoms with E-state index in [1.54, 1.807) is 44.3 Å². The number of nitrogens with one attached hydrogen (secondary N) is 1. The molecule has 10 heteroatoms. The summed E-state index contributed by atoms with van der Waals surface area (Å²) in [6, 6.07) is 18.5. The zero-order valence-electron chi connectivity index (χ0n) is 21.9. The van der Waals surface area contributed by atoms with Crippen molar-refractivity contribution in [2.24, 2.45) is 0 Å². The van der Waals surface area contributed by atoms with Gasteiger partial charge in [0.15, 0.2) is 0 Å². The molecule has 1 saturated heterocycles. The molecular formula is C28H33N5O4S. The van der Waals surface area contributed by atoms with Crippen LogP contribution in [0.5, 0.6) is 0 Å². The molecule has 0 saturated carbocycles. The minimum Gasteiger partial charge on any atom is -0.349 e. The number of aryl methyl sites for hydroxylation is 1. The van der Waals surface area contributed by atoms with Crippen molar-refractivity contribution in [2.45, 2.75) is 50.8 Å². The van der Waals surface area contributed by atoms with E-state index in [-0.39, 0.29) is 28.7 Å². The first-order chi connectivity index (χ1) is 18.3. The molecule has 38 heavy (non-hydrogen) atoms. The number of sulfonamides is 1. The Hall–Kier alpha value is -3.47. The van der Waals surface area contributed by atoms with Gasteiger partial charge in [-0.15, -0.1) is 0 Å². The summed E-state index contributed by atoms with van der Waals surface area (Å²) < 4.78 is 32.0. The highest BCUT2D eigenvalue weighted by Crippen LogP contribution is 2.32. The van der Waals surface area contributed by atoms with Crippen molar-refractivity contribution in [3.8, 4) is 11.3 Å². The largest absolute Gasteiger partial charge is 0.349 e. The van der Waals surface area contributed by atoms with E-state index >= 15 is 0 Å². The van der Waals surface area contributed by atoms with Crippen LogP contribution in [0.25, 0.3) is 22.3 Å². The normalized spacial score (nSPS) is 16.6. The van der Waals surface area contributed by atoms with Gasteiger partial charge in [0.1, 0.15) is 5.52 Å². The van der Waals surface area contributed by atoms with Crippen LogP contribution in [-0.4, -0.2) is 57.9 Å². The first kappa shape index (κ1) is 26.1. The molecule has 1 fully saturated rings. The summed E-state index contributed by atoms with van der Waals surface area (Å²) in [6.45, 7) is 6.48. The van der Waals surface area contributed by atoms with Gasteiger partial charge < -0.3 is 4.98 Å². The quantitative estimate of drug-likeness (QED) is 0.374. The third-order valence-corrected chi connectivity index (χ3v) is 9.45. The second-order valence-corrected chi connectivity index (χ2v) is 11.7. The smallest absolute Gasteiger partial charge is 0.331 e. The van der Waals surface area contributed by atoms with E-state index in [2.05, 4.69) is 22.0 Å². The van der Waals surface area contributed by atoms with Crippen LogP contribution in [0.15, 0.2) is 75.1 Å². The van der Waals surface area contributed by atoms with Crippen LogP contribution in [0.1, 0.15) is 25.8 Å². The van der Waals surface area contributed by atoms with Gasteiger partial charge >= 0.3 is 5.69 Å². The molecule has 0 radical (unpaired) electrons. The van der Waals surface area contributed by atoms with Gasteiger partial charge in [-0.3, -0.25) is 18.8 Å². The lowest BCUT2D eigenvalue weighted by Gasteiger charge is -2.25. The molecule has 0 bridgehead atoms. The first-order valence-electron chi connectivity index (χ1n) is 13.0. The highest BCUT2D eigenvalue weighted by atomic mass is 32.2. The summed E-state index contributed by atoms with van der Waals surface area (Å²) in [7, 11) is -2.21. The monoisotopic (exact) mass is 535 g/mol. The Bertz CT molecular complexity index is 1690. The van der Waals surface area contributed by atoms with E-state index in [0.29, 0.717) is 29.9 Å². The van der Waals surface area contributed by atoms with Gasteiger partial charge in [-0.1, -0.05) is 48.5 Å². The van der Waals surface area contributed by atoms with Crippen LogP contribution in [-0.2, 0) is 29.7 Å². The molecule has 2 aromatic heterocycles. The summed E-state index contributed by atoms with van der Waals surface area (Å²) in [5, 5.41) is 0. The van der Waals surface area contributed by atoms with E-state index in [9.17, 15) is 18.0 Å². The van der Waals surface area contributed by atoms with Gasteiger partial charge in [-0.2, -0.15) is 4.31 Å². The van der Waals surface area contributed by atoms with Gasteiger partial charge in [-0.05, 0) is 38.0 Å². The lowest BCUT2D eigenvalue weighted by molar-refractivity contribution is 0.298. The molecule has 9 nitrogen and oxygen atoms in total. The third-order valence-electron chi connectivity index (χ3n) is 7.49.